The van der Waals surface area contributed by atoms with Crippen molar-refractivity contribution in [1.82, 2.24) is 14.9 Å². The quantitative estimate of drug-likeness (QED) is 0.684. The fraction of sp³-hybridized carbons (Fsp3) is 0.190. The molecular formula is C21H21ClN4O. The van der Waals surface area contributed by atoms with E-state index in [9.17, 15) is 4.79 Å². The number of nitrogens with one attached hydrogen (secondary N) is 1. The summed E-state index contributed by atoms with van der Waals surface area (Å²) in [5, 5.41) is 3.93. The molecule has 3 aromatic rings. The molecule has 2 aromatic heterocycles. The van der Waals surface area contributed by atoms with E-state index >= 15 is 0 Å². The summed E-state index contributed by atoms with van der Waals surface area (Å²) in [7, 11) is 1.81. The van der Waals surface area contributed by atoms with E-state index in [0.29, 0.717) is 22.9 Å². The number of aryl methyl sites for hydroxylation is 1. The molecule has 0 atom stereocenters. The van der Waals surface area contributed by atoms with Crippen LogP contribution in [0.25, 0.3) is 0 Å². The van der Waals surface area contributed by atoms with Gasteiger partial charge in [-0.25, -0.2) is 4.98 Å². The Bertz CT molecular complexity index is 930. The number of hydrogen-bond acceptors (Lipinski definition) is 4. The van der Waals surface area contributed by atoms with Crippen LogP contribution in [-0.4, -0.2) is 34.4 Å². The summed E-state index contributed by atoms with van der Waals surface area (Å²) < 4.78 is 0. The van der Waals surface area contributed by atoms with Crippen LogP contribution in [-0.2, 0) is 6.42 Å². The molecule has 0 aliphatic carbocycles. The fourth-order valence-corrected chi connectivity index (χ4v) is 2.93. The molecular weight excluding hydrogens is 360 g/mol. The normalized spacial score (nSPS) is 10.5. The maximum absolute atomic E-state index is 12.7. The summed E-state index contributed by atoms with van der Waals surface area (Å²) >= 11 is 6.00. The molecule has 1 aromatic carbocycles. The SMILES string of the molecule is Cc1cc(Cl)ccc1Nc1cc(C(=O)N(C)CCc2ccncc2)ccn1. The molecule has 0 saturated carbocycles. The van der Waals surface area contributed by atoms with Crippen molar-refractivity contribution in [1.29, 1.82) is 0 Å². The minimum Gasteiger partial charge on any atom is -0.341 e. The van der Waals surface area contributed by atoms with Gasteiger partial charge in [-0.1, -0.05) is 11.6 Å². The second-order valence-corrected chi connectivity index (χ2v) is 6.78. The molecule has 0 bridgehead atoms. The fourth-order valence-electron chi connectivity index (χ4n) is 2.71. The van der Waals surface area contributed by atoms with Crippen LogP contribution in [0.3, 0.4) is 0 Å². The van der Waals surface area contributed by atoms with E-state index in [1.165, 1.54) is 0 Å². The number of carbonyl (C=O) groups excluding carboxylic acids is 1. The molecule has 0 fully saturated rings. The predicted molar refractivity (Wildman–Crippen MR) is 109 cm³/mol. The van der Waals surface area contributed by atoms with Crippen LogP contribution in [0.4, 0.5) is 11.5 Å². The summed E-state index contributed by atoms with van der Waals surface area (Å²) in [5.74, 6) is 0.580. The maximum Gasteiger partial charge on any atom is 0.253 e. The zero-order chi connectivity index (χ0) is 19.2. The monoisotopic (exact) mass is 380 g/mol. The highest BCUT2D eigenvalue weighted by molar-refractivity contribution is 6.30. The van der Waals surface area contributed by atoms with Crippen LogP contribution in [0.15, 0.2) is 61.1 Å². The number of hydrogen-bond donors (Lipinski definition) is 1. The predicted octanol–water partition coefficient (Wildman–Crippen LogP) is 4.50. The van der Waals surface area contributed by atoms with Crippen LogP contribution >= 0.6 is 11.6 Å². The van der Waals surface area contributed by atoms with Gasteiger partial charge in [0, 0.05) is 48.5 Å². The van der Waals surface area contributed by atoms with Crippen molar-refractivity contribution < 1.29 is 4.79 Å². The lowest BCUT2D eigenvalue weighted by Crippen LogP contribution is -2.28. The first-order valence-corrected chi connectivity index (χ1v) is 9.04. The summed E-state index contributed by atoms with van der Waals surface area (Å²) in [6.45, 7) is 2.60. The number of aromatic nitrogens is 2. The Labute approximate surface area is 164 Å². The zero-order valence-corrected chi connectivity index (χ0v) is 16.1. The van der Waals surface area contributed by atoms with E-state index in [-0.39, 0.29) is 5.91 Å². The second-order valence-electron chi connectivity index (χ2n) is 6.35. The van der Waals surface area contributed by atoms with Crippen LogP contribution in [0.2, 0.25) is 5.02 Å². The average Bonchev–Trinajstić information content (AvgIpc) is 2.69. The smallest absolute Gasteiger partial charge is 0.253 e. The van der Waals surface area contributed by atoms with Crippen LogP contribution in [0, 0.1) is 6.92 Å². The van der Waals surface area contributed by atoms with E-state index in [4.69, 9.17) is 11.6 Å². The largest absolute Gasteiger partial charge is 0.341 e. The molecule has 2 heterocycles. The first-order chi connectivity index (χ1) is 13.0. The van der Waals surface area contributed by atoms with E-state index in [1.54, 1.807) is 42.7 Å². The molecule has 0 radical (unpaired) electrons. The van der Waals surface area contributed by atoms with Crippen LogP contribution in [0.1, 0.15) is 21.5 Å². The highest BCUT2D eigenvalue weighted by atomic mass is 35.5. The average molecular weight is 381 g/mol. The Hall–Kier alpha value is -2.92. The number of pyridine rings is 2. The molecule has 0 spiro atoms. The van der Waals surface area contributed by atoms with Crippen molar-refractivity contribution >= 4 is 29.0 Å². The van der Waals surface area contributed by atoms with Crippen molar-refractivity contribution in [3.05, 3.63) is 82.8 Å². The van der Waals surface area contributed by atoms with Crippen molar-refractivity contribution in [2.75, 3.05) is 18.9 Å². The van der Waals surface area contributed by atoms with E-state index in [1.807, 2.05) is 37.3 Å². The third-order valence-electron chi connectivity index (χ3n) is 4.29. The first kappa shape index (κ1) is 18.9. The third-order valence-corrected chi connectivity index (χ3v) is 4.53. The summed E-state index contributed by atoms with van der Waals surface area (Å²) in [6, 6.07) is 13.0. The Morgan fingerprint density at radius 3 is 2.63 bits per heavy atom. The minimum atomic E-state index is -0.0395. The van der Waals surface area contributed by atoms with E-state index < -0.39 is 0 Å². The molecule has 0 unspecified atom stereocenters. The molecule has 138 valence electrons. The van der Waals surface area contributed by atoms with Crippen molar-refractivity contribution in [3.63, 3.8) is 0 Å². The van der Waals surface area contributed by atoms with E-state index in [2.05, 4.69) is 15.3 Å². The van der Waals surface area contributed by atoms with Crippen molar-refractivity contribution in [3.8, 4) is 0 Å². The minimum absolute atomic E-state index is 0.0395. The van der Waals surface area contributed by atoms with Gasteiger partial charge in [-0.2, -0.15) is 0 Å². The maximum atomic E-state index is 12.7. The lowest BCUT2D eigenvalue weighted by atomic mass is 10.1. The number of benzene rings is 1. The van der Waals surface area contributed by atoms with E-state index in [0.717, 1.165) is 23.2 Å². The summed E-state index contributed by atoms with van der Waals surface area (Å²) in [6.07, 6.45) is 5.94. The number of anilines is 2. The third kappa shape index (κ3) is 5.05. The number of likely N-dealkylation sites (N-methyl/N-ethyl adjacent to an activating group) is 1. The van der Waals surface area contributed by atoms with Crippen molar-refractivity contribution in [2.24, 2.45) is 0 Å². The number of halogens is 1. The number of rotatable bonds is 6. The van der Waals surface area contributed by atoms with Crippen LogP contribution < -0.4 is 5.32 Å². The van der Waals surface area contributed by atoms with Gasteiger partial charge >= 0.3 is 0 Å². The standard InChI is InChI=1S/C21H21ClN4O/c1-15-13-18(22)3-4-19(15)25-20-14-17(7-11-24-20)21(27)26(2)12-8-16-5-9-23-10-6-16/h3-7,9-11,13-14H,8,12H2,1-2H3,(H,24,25). The number of nitrogens with zero attached hydrogens (tertiary/aromatic N) is 3. The number of amides is 1. The molecule has 0 saturated heterocycles. The van der Waals surface area contributed by atoms with Gasteiger partial charge in [-0.15, -0.1) is 0 Å². The highest BCUT2D eigenvalue weighted by Crippen LogP contribution is 2.23. The highest BCUT2D eigenvalue weighted by Gasteiger charge is 2.13. The molecule has 1 N–H and O–H groups in total. The topological polar surface area (TPSA) is 58.1 Å². The molecule has 1 amide bonds. The molecule has 27 heavy (non-hydrogen) atoms. The van der Waals surface area contributed by atoms with Gasteiger partial charge in [0.05, 0.1) is 0 Å². The van der Waals surface area contributed by atoms with Gasteiger partial charge in [0.15, 0.2) is 0 Å². The molecule has 0 aliphatic heterocycles. The van der Waals surface area contributed by atoms with Gasteiger partial charge in [0.25, 0.3) is 5.91 Å². The van der Waals surface area contributed by atoms with Gasteiger partial charge in [0.1, 0.15) is 5.82 Å². The number of carbonyl (C=O) groups is 1. The van der Waals surface area contributed by atoms with Crippen molar-refractivity contribution in [2.45, 2.75) is 13.3 Å². The Morgan fingerprint density at radius 1 is 1.11 bits per heavy atom. The molecule has 5 nitrogen and oxygen atoms in total. The lowest BCUT2D eigenvalue weighted by Gasteiger charge is -2.18. The molecule has 6 heteroatoms. The lowest BCUT2D eigenvalue weighted by molar-refractivity contribution is 0.0796. The molecule has 3 rings (SSSR count). The Morgan fingerprint density at radius 2 is 1.89 bits per heavy atom. The van der Waals surface area contributed by atoms with Crippen LogP contribution in [0.5, 0.6) is 0 Å². The zero-order valence-electron chi connectivity index (χ0n) is 15.3. The summed E-state index contributed by atoms with van der Waals surface area (Å²) in [5.41, 5.74) is 3.66. The van der Waals surface area contributed by atoms with Gasteiger partial charge < -0.3 is 10.2 Å². The second kappa shape index (κ2) is 8.64. The van der Waals surface area contributed by atoms with Gasteiger partial charge in [-0.05, 0) is 66.9 Å². The Balaban J connectivity index is 1.67. The summed E-state index contributed by atoms with van der Waals surface area (Å²) in [4.78, 5) is 22.8. The van der Waals surface area contributed by atoms with Gasteiger partial charge in [-0.3, -0.25) is 9.78 Å². The Kier molecular flexibility index (Phi) is 6.04. The molecule has 0 aliphatic rings. The van der Waals surface area contributed by atoms with Gasteiger partial charge in [0.2, 0.25) is 0 Å². The first-order valence-electron chi connectivity index (χ1n) is 8.66.